The molecule has 0 aliphatic heterocycles. The Labute approximate surface area is 121 Å². The molecule has 0 amide bonds. The van der Waals surface area contributed by atoms with Crippen LogP contribution in [0.25, 0.3) is 6.08 Å². The van der Waals surface area contributed by atoms with Crippen molar-refractivity contribution in [3.63, 3.8) is 0 Å². The number of aryl methyl sites for hydroxylation is 1. The molecule has 0 unspecified atom stereocenters. The standard InChI is InChI=1S/C19H21N/c1-2-8-16(9-3-1)10-7-15-20-19-14-6-12-17-11-4-5-13-18(17)19/h1-5,7-11,13,19-20H,6,12,14-15H2/p+1/b10-7+/t19-/m0/s1. The molecule has 1 heteroatoms. The number of benzene rings is 2. The van der Waals surface area contributed by atoms with Gasteiger partial charge in [-0.1, -0.05) is 60.7 Å². The van der Waals surface area contributed by atoms with Crippen LogP contribution in [0.1, 0.15) is 35.6 Å². The molecular weight excluding hydrogens is 242 g/mol. The monoisotopic (exact) mass is 264 g/mol. The van der Waals surface area contributed by atoms with Crippen LogP contribution in [0.5, 0.6) is 0 Å². The maximum atomic E-state index is 2.47. The molecule has 0 bridgehead atoms. The Morgan fingerprint density at radius 1 is 1.00 bits per heavy atom. The van der Waals surface area contributed by atoms with Gasteiger partial charge in [-0.3, -0.25) is 0 Å². The molecule has 2 aromatic rings. The molecule has 0 fully saturated rings. The molecule has 0 saturated heterocycles. The Morgan fingerprint density at radius 2 is 1.80 bits per heavy atom. The van der Waals surface area contributed by atoms with Crippen LogP contribution in [0, 0.1) is 0 Å². The van der Waals surface area contributed by atoms with Crippen LogP contribution in [0.4, 0.5) is 0 Å². The van der Waals surface area contributed by atoms with E-state index in [-0.39, 0.29) is 0 Å². The van der Waals surface area contributed by atoms with E-state index in [2.05, 4.69) is 72.1 Å². The van der Waals surface area contributed by atoms with Crippen molar-refractivity contribution in [1.82, 2.24) is 0 Å². The van der Waals surface area contributed by atoms with Gasteiger partial charge in [0.2, 0.25) is 0 Å². The lowest BCUT2D eigenvalue weighted by atomic mass is 9.88. The van der Waals surface area contributed by atoms with E-state index in [1.807, 2.05) is 0 Å². The lowest BCUT2D eigenvalue weighted by Gasteiger charge is -2.23. The summed E-state index contributed by atoms with van der Waals surface area (Å²) in [6, 6.07) is 20.1. The topological polar surface area (TPSA) is 16.6 Å². The van der Waals surface area contributed by atoms with Crippen molar-refractivity contribution in [2.45, 2.75) is 25.3 Å². The van der Waals surface area contributed by atoms with Crippen molar-refractivity contribution >= 4 is 6.08 Å². The molecule has 1 nitrogen and oxygen atoms in total. The second-order valence-electron chi connectivity index (χ2n) is 5.48. The lowest BCUT2D eigenvalue weighted by Crippen LogP contribution is -2.85. The van der Waals surface area contributed by atoms with E-state index in [1.165, 1.54) is 24.8 Å². The van der Waals surface area contributed by atoms with Crippen LogP contribution in [0.15, 0.2) is 60.7 Å². The molecule has 0 spiro atoms. The van der Waals surface area contributed by atoms with Crippen molar-refractivity contribution in [2.24, 2.45) is 0 Å². The Kier molecular flexibility index (Phi) is 4.29. The van der Waals surface area contributed by atoms with Gasteiger partial charge in [0.25, 0.3) is 0 Å². The molecule has 1 atom stereocenters. The minimum Gasteiger partial charge on any atom is -0.337 e. The Morgan fingerprint density at radius 3 is 2.70 bits per heavy atom. The van der Waals surface area contributed by atoms with E-state index in [0.717, 1.165) is 6.54 Å². The summed E-state index contributed by atoms with van der Waals surface area (Å²) in [5.74, 6) is 0. The normalized spacial score (nSPS) is 18.1. The maximum absolute atomic E-state index is 2.47. The predicted molar refractivity (Wildman–Crippen MR) is 84.4 cm³/mol. The number of hydrogen-bond donors (Lipinski definition) is 1. The van der Waals surface area contributed by atoms with Crippen LogP contribution >= 0.6 is 0 Å². The molecule has 0 aromatic heterocycles. The number of quaternary nitrogens is 1. The smallest absolute Gasteiger partial charge is 0.112 e. The van der Waals surface area contributed by atoms with Crippen LogP contribution in [0.2, 0.25) is 0 Å². The fourth-order valence-corrected chi connectivity index (χ4v) is 3.05. The molecule has 20 heavy (non-hydrogen) atoms. The van der Waals surface area contributed by atoms with E-state index in [4.69, 9.17) is 0 Å². The Hall–Kier alpha value is -1.86. The highest BCUT2D eigenvalue weighted by atomic mass is 14.9. The Bertz CT molecular complexity index is 571. The second kappa shape index (κ2) is 6.53. The molecule has 2 N–H and O–H groups in total. The van der Waals surface area contributed by atoms with E-state index < -0.39 is 0 Å². The zero-order chi connectivity index (χ0) is 13.6. The highest BCUT2D eigenvalue weighted by Crippen LogP contribution is 2.26. The van der Waals surface area contributed by atoms with E-state index in [1.54, 1.807) is 11.1 Å². The first kappa shape index (κ1) is 13.1. The van der Waals surface area contributed by atoms with E-state index >= 15 is 0 Å². The summed E-state index contributed by atoms with van der Waals surface area (Å²) in [5.41, 5.74) is 4.38. The number of nitrogens with two attached hydrogens (primary N) is 1. The van der Waals surface area contributed by atoms with Gasteiger partial charge in [0.1, 0.15) is 6.04 Å². The zero-order valence-corrected chi connectivity index (χ0v) is 11.8. The van der Waals surface area contributed by atoms with E-state index in [0.29, 0.717) is 6.04 Å². The average Bonchev–Trinajstić information content (AvgIpc) is 2.53. The van der Waals surface area contributed by atoms with Crippen molar-refractivity contribution in [1.29, 1.82) is 0 Å². The van der Waals surface area contributed by atoms with Gasteiger partial charge >= 0.3 is 0 Å². The maximum Gasteiger partial charge on any atom is 0.112 e. The minimum absolute atomic E-state index is 0.639. The van der Waals surface area contributed by atoms with Gasteiger partial charge in [-0.2, -0.15) is 0 Å². The number of rotatable bonds is 4. The quantitative estimate of drug-likeness (QED) is 0.872. The molecule has 1 aliphatic rings. The third-order valence-electron chi connectivity index (χ3n) is 4.08. The third kappa shape index (κ3) is 3.17. The minimum atomic E-state index is 0.639. The molecule has 3 rings (SSSR count). The molecule has 0 saturated carbocycles. The van der Waals surface area contributed by atoms with Gasteiger partial charge in [0.05, 0.1) is 6.54 Å². The highest BCUT2D eigenvalue weighted by Gasteiger charge is 2.21. The summed E-state index contributed by atoms with van der Waals surface area (Å²) in [7, 11) is 0. The van der Waals surface area contributed by atoms with Crippen molar-refractivity contribution in [3.05, 3.63) is 77.4 Å². The van der Waals surface area contributed by atoms with E-state index in [9.17, 15) is 0 Å². The largest absolute Gasteiger partial charge is 0.337 e. The van der Waals surface area contributed by atoms with Gasteiger partial charge in [-0.15, -0.1) is 0 Å². The number of fused-ring (bicyclic) bond motifs is 1. The molecule has 0 heterocycles. The van der Waals surface area contributed by atoms with Crippen molar-refractivity contribution in [2.75, 3.05) is 6.54 Å². The summed E-state index contributed by atoms with van der Waals surface area (Å²) in [6.45, 7) is 1.05. The van der Waals surface area contributed by atoms with Crippen LogP contribution < -0.4 is 5.32 Å². The molecule has 2 aromatic carbocycles. The lowest BCUT2D eigenvalue weighted by molar-refractivity contribution is -0.689. The molecule has 0 radical (unpaired) electrons. The SMILES string of the molecule is C(=C\c1ccccc1)/C[NH2+][C@H]1CCCc2ccccc21. The second-order valence-corrected chi connectivity index (χ2v) is 5.48. The summed E-state index contributed by atoms with van der Waals surface area (Å²) < 4.78 is 0. The van der Waals surface area contributed by atoms with Gasteiger partial charge in [-0.25, -0.2) is 0 Å². The Balaban J connectivity index is 1.59. The first-order valence-electron chi connectivity index (χ1n) is 7.56. The summed E-state index contributed by atoms with van der Waals surface area (Å²) in [6.07, 6.45) is 8.36. The molecule has 102 valence electrons. The first-order valence-corrected chi connectivity index (χ1v) is 7.56. The average molecular weight is 264 g/mol. The van der Waals surface area contributed by atoms with Gasteiger partial charge < -0.3 is 5.32 Å². The van der Waals surface area contributed by atoms with Crippen LogP contribution in [-0.2, 0) is 6.42 Å². The molecule has 1 aliphatic carbocycles. The fourth-order valence-electron chi connectivity index (χ4n) is 3.05. The zero-order valence-electron chi connectivity index (χ0n) is 11.8. The predicted octanol–water partition coefficient (Wildman–Crippen LogP) is 3.34. The van der Waals surface area contributed by atoms with Gasteiger partial charge in [0.15, 0.2) is 0 Å². The summed E-state index contributed by atoms with van der Waals surface area (Å²) >= 11 is 0. The summed E-state index contributed by atoms with van der Waals surface area (Å²) in [4.78, 5) is 0. The van der Waals surface area contributed by atoms with Crippen LogP contribution in [0.3, 0.4) is 0 Å². The van der Waals surface area contributed by atoms with Crippen molar-refractivity contribution in [3.8, 4) is 0 Å². The van der Waals surface area contributed by atoms with Crippen LogP contribution in [-0.4, -0.2) is 6.54 Å². The first-order chi connectivity index (χ1) is 9.93. The summed E-state index contributed by atoms with van der Waals surface area (Å²) in [5, 5.41) is 2.47. The highest BCUT2D eigenvalue weighted by molar-refractivity contribution is 5.48. The fraction of sp³-hybridized carbons (Fsp3) is 0.263. The van der Waals surface area contributed by atoms with Gasteiger partial charge in [-0.05, 0) is 30.0 Å². The third-order valence-corrected chi connectivity index (χ3v) is 4.08. The number of hydrogen-bond acceptors (Lipinski definition) is 0. The molecular formula is C19H22N+. The van der Waals surface area contributed by atoms with Crippen molar-refractivity contribution < 1.29 is 5.32 Å². The van der Waals surface area contributed by atoms with Gasteiger partial charge in [0, 0.05) is 12.0 Å².